The third-order valence-electron chi connectivity index (χ3n) is 5.61. The second-order valence-electron chi connectivity index (χ2n) is 7.31. The van der Waals surface area contributed by atoms with Crippen LogP contribution in [0.5, 0.6) is 11.5 Å². The molecule has 1 aliphatic carbocycles. The van der Waals surface area contributed by atoms with Gasteiger partial charge in [0, 0.05) is 21.7 Å². The van der Waals surface area contributed by atoms with E-state index in [4.69, 9.17) is 27.9 Å². The van der Waals surface area contributed by atoms with Crippen LogP contribution in [0.15, 0.2) is 78.9 Å². The molecule has 1 N–H and O–H groups in total. The number of nitrogens with one attached hydrogen (secondary N) is 1. The number of hydrogen-bond donors (Lipinski definition) is 1. The summed E-state index contributed by atoms with van der Waals surface area (Å²) in [5.74, 6) is 2.45. The molecule has 3 aromatic carbocycles. The van der Waals surface area contributed by atoms with Crippen molar-refractivity contribution in [3.63, 3.8) is 0 Å². The first-order valence-corrected chi connectivity index (χ1v) is 10.2. The molecule has 3 aromatic rings. The van der Waals surface area contributed by atoms with E-state index in [-0.39, 0.29) is 6.04 Å². The maximum Gasteiger partial charge on any atom is 0.127 e. The molecule has 1 aliphatic heterocycles. The van der Waals surface area contributed by atoms with Gasteiger partial charge < -0.3 is 10.1 Å². The maximum absolute atomic E-state index is 6.53. The van der Waals surface area contributed by atoms with Crippen LogP contribution < -0.4 is 10.1 Å². The number of para-hydroxylation sites is 1. The molecule has 2 aliphatic rings. The average molecular weight is 408 g/mol. The lowest BCUT2D eigenvalue weighted by Crippen LogP contribution is -2.29. The van der Waals surface area contributed by atoms with Crippen LogP contribution in [-0.4, -0.2) is 0 Å². The van der Waals surface area contributed by atoms with Gasteiger partial charge in [-0.25, -0.2) is 0 Å². The Morgan fingerprint density at radius 2 is 1.71 bits per heavy atom. The molecule has 0 amide bonds. The van der Waals surface area contributed by atoms with E-state index in [1.165, 1.54) is 5.56 Å². The second-order valence-corrected chi connectivity index (χ2v) is 8.15. The number of halogens is 2. The zero-order chi connectivity index (χ0) is 19.1. The molecule has 5 rings (SSSR count). The Kier molecular flexibility index (Phi) is 4.54. The highest BCUT2D eigenvalue weighted by molar-refractivity contribution is 6.35. The van der Waals surface area contributed by atoms with Gasteiger partial charge in [-0.3, -0.25) is 0 Å². The van der Waals surface area contributed by atoms with Crippen LogP contribution >= 0.6 is 23.2 Å². The van der Waals surface area contributed by atoms with Crippen molar-refractivity contribution in [2.45, 2.75) is 18.4 Å². The highest BCUT2D eigenvalue weighted by atomic mass is 35.5. The monoisotopic (exact) mass is 407 g/mol. The van der Waals surface area contributed by atoms with Gasteiger partial charge in [-0.15, -0.1) is 0 Å². The van der Waals surface area contributed by atoms with E-state index in [2.05, 4.69) is 29.6 Å². The van der Waals surface area contributed by atoms with E-state index in [9.17, 15) is 0 Å². The van der Waals surface area contributed by atoms with Gasteiger partial charge in [0.15, 0.2) is 0 Å². The first kappa shape index (κ1) is 17.7. The lowest BCUT2D eigenvalue weighted by Gasteiger charge is -2.38. The second kappa shape index (κ2) is 7.20. The van der Waals surface area contributed by atoms with E-state index in [0.717, 1.165) is 29.2 Å². The molecule has 0 saturated carbocycles. The van der Waals surface area contributed by atoms with Crippen molar-refractivity contribution >= 4 is 28.9 Å². The molecular weight excluding hydrogens is 389 g/mol. The van der Waals surface area contributed by atoms with Gasteiger partial charge >= 0.3 is 0 Å². The quantitative estimate of drug-likeness (QED) is 0.450. The number of hydrogen-bond acceptors (Lipinski definition) is 2. The fourth-order valence-corrected chi connectivity index (χ4v) is 4.85. The number of benzene rings is 3. The molecule has 0 radical (unpaired) electrons. The minimum absolute atomic E-state index is 0.151. The summed E-state index contributed by atoms with van der Waals surface area (Å²) in [6.07, 6.45) is 5.60. The number of anilines is 1. The Morgan fingerprint density at radius 1 is 0.857 bits per heavy atom. The van der Waals surface area contributed by atoms with Crippen LogP contribution in [0.25, 0.3) is 0 Å². The van der Waals surface area contributed by atoms with Crippen molar-refractivity contribution in [3.05, 3.63) is 100 Å². The number of rotatable bonds is 3. The van der Waals surface area contributed by atoms with E-state index >= 15 is 0 Å². The van der Waals surface area contributed by atoms with E-state index in [1.54, 1.807) is 0 Å². The lowest BCUT2D eigenvalue weighted by molar-refractivity contribution is 0.422. The van der Waals surface area contributed by atoms with Gasteiger partial charge in [-0.2, -0.15) is 0 Å². The minimum atomic E-state index is 0.151. The average Bonchev–Trinajstić information content (AvgIpc) is 3.19. The molecule has 2 nitrogen and oxygen atoms in total. The molecule has 0 aromatic heterocycles. The Hall–Kier alpha value is -2.42. The Morgan fingerprint density at radius 3 is 2.54 bits per heavy atom. The van der Waals surface area contributed by atoms with Gasteiger partial charge in [-0.05, 0) is 65.9 Å². The minimum Gasteiger partial charge on any atom is -0.457 e. The van der Waals surface area contributed by atoms with Gasteiger partial charge in [0.25, 0.3) is 0 Å². The fourth-order valence-electron chi connectivity index (χ4n) is 4.32. The SMILES string of the molecule is Clc1ccc(C2Nc3ccc(Oc4ccccc4)cc3C3C=CCC32)c(Cl)c1. The van der Waals surface area contributed by atoms with Crippen molar-refractivity contribution in [1.29, 1.82) is 0 Å². The zero-order valence-corrected chi connectivity index (χ0v) is 16.6. The number of fused-ring (bicyclic) bond motifs is 3. The molecule has 140 valence electrons. The first-order chi connectivity index (χ1) is 13.7. The van der Waals surface area contributed by atoms with Crippen molar-refractivity contribution in [2.24, 2.45) is 5.92 Å². The summed E-state index contributed by atoms with van der Waals surface area (Å²) in [5.41, 5.74) is 3.50. The highest BCUT2D eigenvalue weighted by Crippen LogP contribution is 2.51. The van der Waals surface area contributed by atoms with Crippen molar-refractivity contribution in [2.75, 3.05) is 5.32 Å². The van der Waals surface area contributed by atoms with E-state index in [0.29, 0.717) is 21.9 Å². The maximum atomic E-state index is 6.53. The van der Waals surface area contributed by atoms with Crippen LogP contribution in [0.4, 0.5) is 5.69 Å². The summed E-state index contributed by atoms with van der Waals surface area (Å²) in [6.45, 7) is 0. The number of ether oxygens (including phenoxy) is 1. The summed E-state index contributed by atoms with van der Waals surface area (Å²) in [6, 6.07) is 22.1. The predicted octanol–water partition coefficient (Wildman–Crippen LogP) is 7.61. The summed E-state index contributed by atoms with van der Waals surface area (Å²) in [5, 5.41) is 5.09. The fraction of sp³-hybridized carbons (Fsp3) is 0.167. The molecule has 0 saturated heterocycles. The molecule has 3 unspecified atom stereocenters. The molecule has 28 heavy (non-hydrogen) atoms. The van der Waals surface area contributed by atoms with Crippen molar-refractivity contribution < 1.29 is 4.74 Å². The van der Waals surface area contributed by atoms with Gasteiger partial charge in [0.2, 0.25) is 0 Å². The molecule has 1 heterocycles. The lowest BCUT2D eigenvalue weighted by atomic mass is 9.77. The van der Waals surface area contributed by atoms with E-state index in [1.807, 2.05) is 54.6 Å². The Balaban J connectivity index is 1.50. The van der Waals surface area contributed by atoms with Crippen LogP contribution in [0.2, 0.25) is 10.0 Å². The highest BCUT2D eigenvalue weighted by Gasteiger charge is 2.38. The summed E-state index contributed by atoms with van der Waals surface area (Å²) < 4.78 is 6.05. The Bertz CT molecular complexity index is 1050. The van der Waals surface area contributed by atoms with Crippen molar-refractivity contribution in [1.82, 2.24) is 0 Å². The third-order valence-corrected chi connectivity index (χ3v) is 6.17. The molecular formula is C24H19Cl2NO. The molecule has 0 fully saturated rings. The molecule has 4 heteroatoms. The molecule has 0 bridgehead atoms. The Labute approximate surface area is 174 Å². The summed E-state index contributed by atoms with van der Waals surface area (Å²) in [7, 11) is 0. The smallest absolute Gasteiger partial charge is 0.127 e. The molecule has 3 atom stereocenters. The normalized spacial score (nSPS) is 22.3. The molecule has 0 spiro atoms. The van der Waals surface area contributed by atoms with Gasteiger partial charge in [-0.1, -0.05) is 59.6 Å². The number of allylic oxidation sites excluding steroid dienone is 2. The van der Waals surface area contributed by atoms with E-state index < -0.39 is 0 Å². The summed E-state index contributed by atoms with van der Waals surface area (Å²) in [4.78, 5) is 0. The van der Waals surface area contributed by atoms with Gasteiger partial charge in [0.1, 0.15) is 11.5 Å². The van der Waals surface area contributed by atoms with Crippen LogP contribution in [-0.2, 0) is 0 Å². The largest absolute Gasteiger partial charge is 0.457 e. The van der Waals surface area contributed by atoms with Crippen LogP contribution in [0.1, 0.15) is 29.5 Å². The summed E-state index contributed by atoms with van der Waals surface area (Å²) >= 11 is 12.6. The van der Waals surface area contributed by atoms with Crippen LogP contribution in [0.3, 0.4) is 0 Å². The first-order valence-electron chi connectivity index (χ1n) is 9.44. The topological polar surface area (TPSA) is 21.3 Å². The third kappa shape index (κ3) is 3.17. The zero-order valence-electron chi connectivity index (χ0n) is 15.1. The van der Waals surface area contributed by atoms with Crippen LogP contribution in [0, 0.1) is 5.92 Å². The van der Waals surface area contributed by atoms with Crippen molar-refractivity contribution in [3.8, 4) is 11.5 Å². The standard InChI is InChI=1S/C24H19Cl2NO/c25-15-9-11-20(22(26)13-15)24-19-8-4-7-18(19)21-14-17(10-12-23(21)27-24)28-16-5-2-1-3-6-16/h1-7,9-14,18-19,24,27H,8H2. The predicted molar refractivity (Wildman–Crippen MR) is 116 cm³/mol. The van der Waals surface area contributed by atoms with Gasteiger partial charge in [0.05, 0.1) is 6.04 Å².